The minimum Gasteiger partial charge on any atom is -0.489 e. The molecule has 0 atom stereocenters. The predicted octanol–water partition coefficient (Wildman–Crippen LogP) is 4.22. The average Bonchev–Trinajstić information content (AvgIpc) is 2.77. The van der Waals surface area contributed by atoms with Gasteiger partial charge in [-0.15, -0.1) is 0 Å². The highest BCUT2D eigenvalue weighted by molar-refractivity contribution is 7.92. The Bertz CT molecular complexity index is 1150. The molecule has 31 heavy (non-hydrogen) atoms. The van der Waals surface area contributed by atoms with Gasteiger partial charge in [0.1, 0.15) is 24.7 Å². The molecule has 3 aromatic carbocycles. The molecule has 6 nitrogen and oxygen atoms in total. The van der Waals surface area contributed by atoms with Crippen LogP contribution in [0.1, 0.15) is 0 Å². The lowest BCUT2D eigenvalue weighted by molar-refractivity contribution is -0.114. The van der Waals surface area contributed by atoms with Gasteiger partial charge in [0, 0.05) is 11.8 Å². The van der Waals surface area contributed by atoms with Crippen molar-refractivity contribution in [3.63, 3.8) is 0 Å². The number of rotatable bonds is 9. The van der Waals surface area contributed by atoms with Crippen LogP contribution in [-0.2, 0) is 14.8 Å². The summed E-state index contributed by atoms with van der Waals surface area (Å²) in [6, 6.07) is 19.4. The Labute approximate surface area is 180 Å². The van der Waals surface area contributed by atoms with Crippen molar-refractivity contribution >= 4 is 27.3 Å². The first kappa shape index (κ1) is 22.0. The second-order valence-corrected chi connectivity index (χ2v) is 8.34. The highest BCUT2D eigenvalue weighted by Gasteiger charge is 2.27. The average molecular weight is 440 g/mol. The van der Waals surface area contributed by atoms with Crippen LogP contribution in [0.5, 0.6) is 5.75 Å². The fourth-order valence-electron chi connectivity index (χ4n) is 2.79. The first-order chi connectivity index (χ1) is 14.9. The molecule has 8 heteroatoms. The molecule has 160 valence electrons. The van der Waals surface area contributed by atoms with Crippen LogP contribution in [0.4, 0.5) is 15.8 Å². The summed E-state index contributed by atoms with van der Waals surface area (Å²) < 4.78 is 46.1. The van der Waals surface area contributed by atoms with E-state index in [-0.39, 0.29) is 4.90 Å². The van der Waals surface area contributed by atoms with Crippen molar-refractivity contribution in [3.8, 4) is 5.75 Å². The molecular formula is C23H21FN2O4S. The van der Waals surface area contributed by atoms with E-state index in [2.05, 4.69) is 11.9 Å². The first-order valence-corrected chi connectivity index (χ1v) is 10.8. The molecule has 0 spiro atoms. The molecule has 0 aliphatic carbocycles. The zero-order valence-electron chi connectivity index (χ0n) is 16.6. The maximum absolute atomic E-state index is 13.3. The van der Waals surface area contributed by atoms with E-state index in [0.29, 0.717) is 23.7 Å². The van der Waals surface area contributed by atoms with Crippen LogP contribution in [0.25, 0.3) is 0 Å². The van der Waals surface area contributed by atoms with Crippen molar-refractivity contribution in [3.05, 3.63) is 97.3 Å². The molecule has 0 aliphatic rings. The van der Waals surface area contributed by atoms with E-state index in [1.807, 2.05) is 0 Å². The number of hydrogen-bond donors (Lipinski definition) is 1. The molecule has 0 unspecified atom stereocenters. The molecule has 0 saturated carbocycles. The molecular weight excluding hydrogens is 419 g/mol. The summed E-state index contributed by atoms with van der Waals surface area (Å²) in [5.74, 6) is -0.562. The number of benzene rings is 3. The molecule has 3 aromatic rings. The molecule has 1 amide bonds. The van der Waals surface area contributed by atoms with Gasteiger partial charge >= 0.3 is 0 Å². The van der Waals surface area contributed by atoms with E-state index in [4.69, 9.17) is 4.74 Å². The van der Waals surface area contributed by atoms with Gasteiger partial charge in [0.15, 0.2) is 0 Å². The number of para-hydroxylation sites is 1. The Kier molecular flexibility index (Phi) is 7.04. The van der Waals surface area contributed by atoms with E-state index in [1.165, 1.54) is 12.1 Å². The third kappa shape index (κ3) is 5.70. The number of carbonyl (C=O) groups is 1. The van der Waals surface area contributed by atoms with E-state index in [0.717, 1.165) is 16.4 Å². The maximum Gasteiger partial charge on any atom is 0.264 e. The molecule has 0 saturated heterocycles. The fraction of sp³-hybridized carbons (Fsp3) is 0.0870. The number of hydrogen-bond acceptors (Lipinski definition) is 4. The number of nitrogens with zero attached hydrogens (tertiary/aromatic N) is 1. The highest BCUT2D eigenvalue weighted by Crippen LogP contribution is 2.24. The third-order valence-electron chi connectivity index (χ3n) is 4.22. The highest BCUT2D eigenvalue weighted by atomic mass is 32.2. The topological polar surface area (TPSA) is 75.7 Å². The van der Waals surface area contributed by atoms with Gasteiger partial charge in [-0.25, -0.2) is 12.8 Å². The minimum absolute atomic E-state index is 0.120. The molecule has 0 radical (unpaired) electrons. The van der Waals surface area contributed by atoms with E-state index in [1.54, 1.807) is 60.7 Å². The monoisotopic (exact) mass is 440 g/mol. The Balaban J connectivity index is 1.85. The van der Waals surface area contributed by atoms with Crippen molar-refractivity contribution in [1.82, 2.24) is 0 Å². The second kappa shape index (κ2) is 9.90. The first-order valence-electron chi connectivity index (χ1n) is 9.37. The summed E-state index contributed by atoms with van der Waals surface area (Å²) >= 11 is 0. The fourth-order valence-corrected chi connectivity index (χ4v) is 4.21. The van der Waals surface area contributed by atoms with Crippen LogP contribution in [-0.4, -0.2) is 27.5 Å². The van der Waals surface area contributed by atoms with Crippen molar-refractivity contribution in [2.75, 3.05) is 22.8 Å². The summed E-state index contributed by atoms with van der Waals surface area (Å²) in [6.45, 7) is 3.43. The number of sulfonamides is 1. The molecule has 0 bridgehead atoms. The van der Waals surface area contributed by atoms with Crippen LogP contribution in [0, 0.1) is 5.82 Å². The molecule has 0 aromatic heterocycles. The maximum atomic E-state index is 13.3. The number of amides is 1. The van der Waals surface area contributed by atoms with E-state index in [9.17, 15) is 17.6 Å². The Morgan fingerprint density at radius 1 is 1.03 bits per heavy atom. The van der Waals surface area contributed by atoms with Crippen molar-refractivity contribution in [1.29, 1.82) is 0 Å². The van der Waals surface area contributed by atoms with Gasteiger partial charge in [-0.05, 0) is 48.5 Å². The zero-order valence-corrected chi connectivity index (χ0v) is 17.4. The van der Waals surface area contributed by atoms with Crippen LogP contribution in [0.15, 0.2) is 96.4 Å². The second-order valence-electron chi connectivity index (χ2n) is 6.48. The minimum atomic E-state index is -4.11. The Morgan fingerprint density at radius 2 is 1.74 bits per heavy atom. The van der Waals surface area contributed by atoms with Crippen molar-refractivity contribution in [2.45, 2.75) is 4.90 Å². The zero-order chi connectivity index (χ0) is 22.3. The molecule has 0 aliphatic heterocycles. The van der Waals surface area contributed by atoms with Crippen molar-refractivity contribution in [2.24, 2.45) is 0 Å². The molecule has 0 fully saturated rings. The summed E-state index contributed by atoms with van der Waals surface area (Å²) in [7, 11) is -4.11. The number of anilines is 2. The standard InChI is InChI=1S/C23H21FN2O4S/c1-2-15-30-21-10-6-7-19(16-21)25-23(27)17-26(20-8-4-3-5-9-20)31(28,29)22-13-11-18(24)12-14-22/h2-14,16H,1,15,17H2,(H,25,27). The van der Waals surface area contributed by atoms with Gasteiger partial charge in [0.05, 0.1) is 10.6 Å². The SMILES string of the molecule is C=CCOc1cccc(NC(=O)CN(c2ccccc2)S(=O)(=O)c2ccc(F)cc2)c1. The number of carbonyl (C=O) groups excluding carboxylic acids is 1. The molecule has 3 rings (SSSR count). The van der Waals surface area contributed by atoms with Gasteiger partial charge in [0.2, 0.25) is 5.91 Å². The van der Waals surface area contributed by atoms with Gasteiger partial charge in [0.25, 0.3) is 10.0 Å². The Hall–Kier alpha value is -3.65. The lowest BCUT2D eigenvalue weighted by Gasteiger charge is -2.24. The predicted molar refractivity (Wildman–Crippen MR) is 118 cm³/mol. The van der Waals surface area contributed by atoms with Crippen LogP contribution in [0.2, 0.25) is 0 Å². The van der Waals surface area contributed by atoms with Crippen LogP contribution >= 0.6 is 0 Å². The normalized spacial score (nSPS) is 10.9. The number of halogens is 1. The largest absolute Gasteiger partial charge is 0.489 e. The number of ether oxygens (including phenoxy) is 1. The van der Waals surface area contributed by atoms with E-state index < -0.39 is 28.3 Å². The molecule has 0 heterocycles. The smallest absolute Gasteiger partial charge is 0.264 e. The molecule has 1 N–H and O–H groups in total. The lowest BCUT2D eigenvalue weighted by Crippen LogP contribution is -2.38. The number of nitrogens with one attached hydrogen (secondary N) is 1. The quantitative estimate of drug-likeness (QED) is 0.506. The van der Waals surface area contributed by atoms with Crippen molar-refractivity contribution < 1.29 is 22.3 Å². The van der Waals surface area contributed by atoms with Gasteiger partial charge in [-0.3, -0.25) is 9.10 Å². The van der Waals surface area contributed by atoms with Crippen LogP contribution < -0.4 is 14.4 Å². The summed E-state index contributed by atoms with van der Waals surface area (Å²) in [5.41, 5.74) is 0.767. The van der Waals surface area contributed by atoms with E-state index >= 15 is 0 Å². The van der Waals surface area contributed by atoms with Gasteiger partial charge in [-0.2, -0.15) is 0 Å². The van der Waals surface area contributed by atoms with Gasteiger partial charge < -0.3 is 10.1 Å². The summed E-state index contributed by atoms with van der Waals surface area (Å²) in [4.78, 5) is 12.6. The third-order valence-corrected chi connectivity index (χ3v) is 6.01. The van der Waals surface area contributed by atoms with Gasteiger partial charge in [-0.1, -0.05) is 36.9 Å². The Morgan fingerprint density at radius 3 is 2.42 bits per heavy atom. The lowest BCUT2D eigenvalue weighted by atomic mass is 10.3. The summed E-state index contributed by atoms with van der Waals surface area (Å²) in [5, 5.41) is 2.68. The van der Waals surface area contributed by atoms with Crippen LogP contribution in [0.3, 0.4) is 0 Å². The summed E-state index contributed by atoms with van der Waals surface area (Å²) in [6.07, 6.45) is 1.60.